The van der Waals surface area contributed by atoms with Crippen molar-refractivity contribution in [3.05, 3.63) is 35.1 Å². The fraction of sp³-hybridized carbons (Fsp3) is 0.364. The zero-order valence-electron chi connectivity index (χ0n) is 8.25. The second kappa shape index (κ2) is 3.40. The predicted molar refractivity (Wildman–Crippen MR) is 52.9 cm³/mol. The van der Waals surface area contributed by atoms with Gasteiger partial charge in [-0.2, -0.15) is 0 Å². The van der Waals surface area contributed by atoms with Crippen molar-refractivity contribution in [2.24, 2.45) is 4.99 Å². The molecule has 0 amide bonds. The summed E-state index contributed by atoms with van der Waals surface area (Å²) in [7, 11) is 0. The van der Waals surface area contributed by atoms with Crippen molar-refractivity contribution in [2.45, 2.75) is 19.9 Å². The Morgan fingerprint density at radius 3 is 2.86 bits per heavy atom. The largest absolute Gasteiger partial charge is 0.479 e. The summed E-state index contributed by atoms with van der Waals surface area (Å²) in [6, 6.07) is 5.03. The van der Waals surface area contributed by atoms with Crippen LogP contribution in [0.15, 0.2) is 23.2 Å². The van der Waals surface area contributed by atoms with Gasteiger partial charge in [0.15, 0.2) is 5.90 Å². The highest BCUT2D eigenvalue weighted by molar-refractivity contribution is 5.75. The molecule has 1 aromatic rings. The van der Waals surface area contributed by atoms with Crippen molar-refractivity contribution in [1.29, 1.82) is 0 Å². The van der Waals surface area contributed by atoms with E-state index >= 15 is 0 Å². The molecular formula is C11H12FNO. The van der Waals surface area contributed by atoms with Crippen LogP contribution in [0, 0.1) is 12.7 Å². The highest BCUT2D eigenvalue weighted by Crippen LogP contribution is 2.26. The number of hydrogen-bond donors (Lipinski definition) is 0. The summed E-state index contributed by atoms with van der Waals surface area (Å²) in [4.78, 5) is 4.29. The first-order valence-electron chi connectivity index (χ1n) is 4.60. The van der Waals surface area contributed by atoms with Crippen LogP contribution in [0.3, 0.4) is 0 Å². The van der Waals surface area contributed by atoms with E-state index in [-0.39, 0.29) is 11.9 Å². The first-order chi connectivity index (χ1) is 6.68. The molecule has 0 bridgehead atoms. The summed E-state index contributed by atoms with van der Waals surface area (Å²) in [5, 5.41) is 0. The molecule has 0 N–H and O–H groups in total. The van der Waals surface area contributed by atoms with Gasteiger partial charge >= 0.3 is 0 Å². The maximum Gasteiger partial charge on any atom is 0.180 e. The van der Waals surface area contributed by atoms with E-state index in [1.807, 2.05) is 13.0 Å². The summed E-state index contributed by atoms with van der Waals surface area (Å²) >= 11 is 0. The van der Waals surface area contributed by atoms with Gasteiger partial charge in [-0.15, -0.1) is 0 Å². The van der Waals surface area contributed by atoms with E-state index in [0.29, 0.717) is 18.1 Å². The van der Waals surface area contributed by atoms with E-state index in [1.54, 1.807) is 13.0 Å². The first kappa shape index (κ1) is 9.19. The maximum absolute atomic E-state index is 13.2. The molecule has 0 radical (unpaired) electrons. The Labute approximate surface area is 82.4 Å². The quantitative estimate of drug-likeness (QED) is 0.671. The predicted octanol–water partition coefficient (Wildman–Crippen LogP) is 2.62. The normalized spacial score (nSPS) is 20.5. The molecule has 0 saturated carbocycles. The molecular weight excluding hydrogens is 181 g/mol. The lowest BCUT2D eigenvalue weighted by molar-refractivity contribution is 0.316. The summed E-state index contributed by atoms with van der Waals surface area (Å²) in [5.74, 6) is 0.501. The fourth-order valence-electron chi connectivity index (χ4n) is 1.64. The fourth-order valence-corrected chi connectivity index (χ4v) is 1.64. The third kappa shape index (κ3) is 1.50. The van der Waals surface area contributed by atoms with Gasteiger partial charge in [-0.05, 0) is 24.1 Å². The van der Waals surface area contributed by atoms with Gasteiger partial charge in [-0.3, -0.25) is 0 Å². The van der Waals surface area contributed by atoms with Crippen molar-refractivity contribution < 1.29 is 9.13 Å². The lowest BCUT2D eigenvalue weighted by Gasteiger charge is -2.09. The molecule has 0 aliphatic carbocycles. The van der Waals surface area contributed by atoms with Crippen molar-refractivity contribution in [1.82, 2.24) is 0 Å². The molecule has 0 fully saturated rings. The minimum Gasteiger partial charge on any atom is -0.479 e. The summed E-state index contributed by atoms with van der Waals surface area (Å²) in [6.45, 7) is 4.11. The van der Waals surface area contributed by atoms with Gasteiger partial charge in [0, 0.05) is 6.92 Å². The number of ether oxygens (including phenoxy) is 1. The zero-order chi connectivity index (χ0) is 10.1. The smallest absolute Gasteiger partial charge is 0.180 e. The molecule has 1 atom stereocenters. The zero-order valence-corrected chi connectivity index (χ0v) is 8.25. The second-order valence-electron chi connectivity index (χ2n) is 3.43. The summed E-state index contributed by atoms with van der Waals surface area (Å²) < 4.78 is 18.5. The lowest BCUT2D eigenvalue weighted by atomic mass is 10.0. The van der Waals surface area contributed by atoms with Crippen LogP contribution in [0.5, 0.6) is 0 Å². The molecule has 1 aromatic carbocycles. The minimum absolute atomic E-state index is 0.0364. The van der Waals surface area contributed by atoms with Crippen LogP contribution in [-0.2, 0) is 4.74 Å². The molecule has 1 aliphatic rings. The molecule has 0 aromatic heterocycles. The van der Waals surface area contributed by atoms with E-state index in [9.17, 15) is 4.39 Å². The number of nitrogens with zero attached hydrogens (tertiary/aromatic N) is 1. The van der Waals surface area contributed by atoms with Gasteiger partial charge in [0.1, 0.15) is 18.5 Å². The number of hydrogen-bond acceptors (Lipinski definition) is 2. The van der Waals surface area contributed by atoms with E-state index in [1.165, 1.54) is 6.07 Å². The molecule has 1 heterocycles. The van der Waals surface area contributed by atoms with Crippen molar-refractivity contribution in [2.75, 3.05) is 6.61 Å². The van der Waals surface area contributed by atoms with E-state index in [2.05, 4.69) is 4.99 Å². The molecule has 0 saturated heterocycles. The second-order valence-corrected chi connectivity index (χ2v) is 3.43. The Morgan fingerprint density at radius 2 is 2.21 bits per heavy atom. The molecule has 0 spiro atoms. The first-order valence-corrected chi connectivity index (χ1v) is 4.60. The van der Waals surface area contributed by atoms with Crippen LogP contribution in [0.2, 0.25) is 0 Å². The monoisotopic (exact) mass is 193 g/mol. The SMILES string of the molecule is CC1=NC(c2cccc(F)c2C)CO1. The lowest BCUT2D eigenvalue weighted by Crippen LogP contribution is -2.01. The van der Waals surface area contributed by atoms with Gasteiger partial charge in [0.2, 0.25) is 0 Å². The average molecular weight is 193 g/mol. The van der Waals surface area contributed by atoms with Crippen LogP contribution in [0.25, 0.3) is 0 Å². The molecule has 2 nitrogen and oxygen atoms in total. The van der Waals surface area contributed by atoms with Crippen LogP contribution in [0.1, 0.15) is 24.1 Å². The van der Waals surface area contributed by atoms with Crippen molar-refractivity contribution in [3.63, 3.8) is 0 Å². The van der Waals surface area contributed by atoms with E-state index in [4.69, 9.17) is 4.74 Å². The van der Waals surface area contributed by atoms with Crippen molar-refractivity contribution >= 4 is 5.90 Å². The highest BCUT2D eigenvalue weighted by Gasteiger charge is 2.20. The molecule has 1 aliphatic heterocycles. The topological polar surface area (TPSA) is 21.6 Å². The molecule has 3 heteroatoms. The standard InChI is InChI=1S/C11H12FNO/c1-7-9(4-3-5-10(7)12)11-6-14-8(2)13-11/h3-5,11H,6H2,1-2H3. The molecule has 1 unspecified atom stereocenters. The third-order valence-electron chi connectivity index (χ3n) is 2.46. The maximum atomic E-state index is 13.2. The van der Waals surface area contributed by atoms with Crippen molar-refractivity contribution in [3.8, 4) is 0 Å². The van der Waals surface area contributed by atoms with Crippen LogP contribution >= 0.6 is 0 Å². The Morgan fingerprint density at radius 1 is 1.43 bits per heavy atom. The number of benzene rings is 1. The van der Waals surface area contributed by atoms with Crippen LogP contribution in [-0.4, -0.2) is 12.5 Å². The minimum atomic E-state index is -0.178. The number of rotatable bonds is 1. The van der Waals surface area contributed by atoms with Gasteiger partial charge in [-0.1, -0.05) is 12.1 Å². The summed E-state index contributed by atoms with van der Waals surface area (Å²) in [6.07, 6.45) is 0. The number of halogens is 1. The van der Waals surface area contributed by atoms with Gasteiger partial charge < -0.3 is 4.74 Å². The highest BCUT2D eigenvalue weighted by atomic mass is 19.1. The van der Waals surface area contributed by atoms with Crippen LogP contribution < -0.4 is 0 Å². The summed E-state index contributed by atoms with van der Waals surface area (Å²) in [5.41, 5.74) is 1.58. The Hall–Kier alpha value is -1.38. The Bertz CT molecular complexity index is 387. The molecule has 14 heavy (non-hydrogen) atoms. The Kier molecular flexibility index (Phi) is 2.23. The van der Waals surface area contributed by atoms with E-state index in [0.717, 1.165) is 5.56 Å². The van der Waals surface area contributed by atoms with Crippen LogP contribution in [0.4, 0.5) is 4.39 Å². The number of aliphatic imine (C=N–C) groups is 1. The average Bonchev–Trinajstić information content (AvgIpc) is 2.57. The molecule has 2 rings (SSSR count). The van der Waals surface area contributed by atoms with E-state index < -0.39 is 0 Å². The third-order valence-corrected chi connectivity index (χ3v) is 2.46. The van der Waals surface area contributed by atoms with Gasteiger partial charge in [-0.25, -0.2) is 9.38 Å². The van der Waals surface area contributed by atoms with Gasteiger partial charge in [0.25, 0.3) is 0 Å². The molecule has 74 valence electrons. The van der Waals surface area contributed by atoms with Gasteiger partial charge in [0.05, 0.1) is 0 Å². The Balaban J connectivity index is 2.37.